The van der Waals surface area contributed by atoms with E-state index in [0.29, 0.717) is 5.88 Å². The zero-order chi connectivity index (χ0) is 10.6. The number of carbonyl (C=O) groups is 1. The molecule has 0 unspecified atom stereocenters. The maximum absolute atomic E-state index is 11.2. The van der Waals surface area contributed by atoms with Gasteiger partial charge in [0.15, 0.2) is 0 Å². The summed E-state index contributed by atoms with van der Waals surface area (Å²) in [5.74, 6) is 0.0858. The molecule has 0 radical (unpaired) electrons. The highest BCUT2D eigenvalue weighted by Gasteiger charge is 2.14. The van der Waals surface area contributed by atoms with Gasteiger partial charge in [-0.05, 0) is 6.07 Å². The molecule has 0 aliphatic rings. The summed E-state index contributed by atoms with van der Waals surface area (Å²) in [5.41, 5.74) is 0.274. The van der Waals surface area contributed by atoms with E-state index < -0.39 is 5.97 Å². The van der Waals surface area contributed by atoms with E-state index >= 15 is 0 Å². The van der Waals surface area contributed by atoms with Crippen molar-refractivity contribution < 1.29 is 19.0 Å². The number of hydrogen-bond donors (Lipinski definition) is 0. The Morgan fingerprint density at radius 3 is 2.43 bits per heavy atom. The second kappa shape index (κ2) is 4.45. The van der Waals surface area contributed by atoms with Crippen molar-refractivity contribution in [1.82, 2.24) is 4.98 Å². The highest BCUT2D eigenvalue weighted by atomic mass is 16.5. The summed E-state index contributed by atoms with van der Waals surface area (Å²) >= 11 is 0. The molecule has 1 aromatic heterocycles. The zero-order valence-corrected chi connectivity index (χ0v) is 8.23. The van der Waals surface area contributed by atoms with E-state index in [1.807, 2.05) is 0 Å². The van der Waals surface area contributed by atoms with Crippen LogP contribution in [0.2, 0.25) is 0 Å². The number of pyridine rings is 1. The van der Waals surface area contributed by atoms with Crippen LogP contribution in [0.15, 0.2) is 12.1 Å². The van der Waals surface area contributed by atoms with Gasteiger partial charge in [-0.2, -0.15) is 4.98 Å². The van der Waals surface area contributed by atoms with Gasteiger partial charge in [0.2, 0.25) is 11.8 Å². The topological polar surface area (TPSA) is 57.7 Å². The van der Waals surface area contributed by atoms with Gasteiger partial charge in [0, 0.05) is 6.07 Å². The van der Waals surface area contributed by atoms with E-state index in [-0.39, 0.29) is 11.4 Å². The third-order valence-corrected chi connectivity index (χ3v) is 1.64. The van der Waals surface area contributed by atoms with Crippen LogP contribution < -0.4 is 9.47 Å². The first-order valence-electron chi connectivity index (χ1n) is 3.90. The largest absolute Gasteiger partial charge is 0.481 e. The van der Waals surface area contributed by atoms with Gasteiger partial charge >= 0.3 is 5.97 Å². The summed E-state index contributed by atoms with van der Waals surface area (Å²) in [6.45, 7) is 0. The lowest BCUT2D eigenvalue weighted by Gasteiger charge is -2.06. The molecule has 5 heteroatoms. The van der Waals surface area contributed by atoms with Crippen LogP contribution in [-0.4, -0.2) is 32.3 Å². The van der Waals surface area contributed by atoms with Crippen LogP contribution >= 0.6 is 0 Å². The van der Waals surface area contributed by atoms with E-state index in [0.717, 1.165) is 0 Å². The molecule has 1 heterocycles. The van der Waals surface area contributed by atoms with Crippen molar-refractivity contribution in [1.29, 1.82) is 0 Å². The van der Waals surface area contributed by atoms with Crippen molar-refractivity contribution in [2.45, 2.75) is 0 Å². The average Bonchev–Trinajstić information content (AvgIpc) is 2.27. The molecule has 0 amide bonds. The van der Waals surface area contributed by atoms with Crippen LogP contribution in [0.1, 0.15) is 10.4 Å². The minimum Gasteiger partial charge on any atom is -0.481 e. The van der Waals surface area contributed by atoms with Crippen molar-refractivity contribution in [2.24, 2.45) is 0 Å². The van der Waals surface area contributed by atoms with E-state index in [1.54, 1.807) is 6.07 Å². The molecule has 0 atom stereocenters. The minimum atomic E-state index is -0.489. The van der Waals surface area contributed by atoms with Gasteiger partial charge < -0.3 is 14.2 Å². The summed E-state index contributed by atoms with van der Waals surface area (Å²) in [7, 11) is 4.21. The Morgan fingerprint density at radius 1 is 1.21 bits per heavy atom. The molecule has 5 nitrogen and oxygen atoms in total. The summed E-state index contributed by atoms with van der Waals surface area (Å²) < 4.78 is 14.4. The standard InChI is InChI=1S/C9H11NO4/c1-12-7-5-4-6(9(11)14-3)8(10-7)13-2/h4-5H,1-3H3. The Labute approximate surface area is 81.6 Å². The molecule has 14 heavy (non-hydrogen) atoms. The highest BCUT2D eigenvalue weighted by molar-refractivity contribution is 5.91. The second-order valence-corrected chi connectivity index (χ2v) is 2.40. The number of ether oxygens (including phenoxy) is 3. The van der Waals surface area contributed by atoms with Crippen LogP contribution in [0.3, 0.4) is 0 Å². The third-order valence-electron chi connectivity index (χ3n) is 1.64. The fraction of sp³-hybridized carbons (Fsp3) is 0.333. The summed E-state index contributed by atoms with van der Waals surface area (Å²) in [4.78, 5) is 15.1. The van der Waals surface area contributed by atoms with E-state index in [9.17, 15) is 4.79 Å². The van der Waals surface area contributed by atoms with Crippen molar-refractivity contribution in [3.8, 4) is 11.8 Å². The van der Waals surface area contributed by atoms with Crippen LogP contribution in [0.4, 0.5) is 0 Å². The molecule has 0 aliphatic carbocycles. The Kier molecular flexibility index (Phi) is 3.28. The normalized spacial score (nSPS) is 9.36. The lowest BCUT2D eigenvalue weighted by Crippen LogP contribution is -2.05. The van der Waals surface area contributed by atoms with Gasteiger partial charge in [-0.25, -0.2) is 4.79 Å². The molecule has 0 bridgehead atoms. The number of aromatic nitrogens is 1. The molecule has 0 aliphatic heterocycles. The van der Waals surface area contributed by atoms with E-state index in [4.69, 9.17) is 9.47 Å². The van der Waals surface area contributed by atoms with Crippen LogP contribution in [-0.2, 0) is 4.74 Å². The molecule has 0 fully saturated rings. The molecule has 1 rings (SSSR count). The second-order valence-electron chi connectivity index (χ2n) is 2.40. The molecule has 0 aromatic carbocycles. The molecule has 0 saturated heterocycles. The fourth-order valence-corrected chi connectivity index (χ4v) is 0.958. The van der Waals surface area contributed by atoms with Crippen molar-refractivity contribution in [2.75, 3.05) is 21.3 Å². The fourth-order valence-electron chi connectivity index (χ4n) is 0.958. The quantitative estimate of drug-likeness (QED) is 0.673. The SMILES string of the molecule is COC(=O)c1ccc(OC)nc1OC. The van der Waals surface area contributed by atoms with Crippen LogP contribution in [0, 0.1) is 0 Å². The molecular formula is C9H11NO4. The maximum atomic E-state index is 11.2. The van der Waals surface area contributed by atoms with Crippen LogP contribution in [0.25, 0.3) is 0 Å². The lowest BCUT2D eigenvalue weighted by molar-refractivity contribution is 0.0596. The molecule has 76 valence electrons. The van der Waals surface area contributed by atoms with Crippen molar-refractivity contribution >= 4 is 5.97 Å². The highest BCUT2D eigenvalue weighted by Crippen LogP contribution is 2.19. The van der Waals surface area contributed by atoms with E-state index in [2.05, 4.69) is 9.72 Å². The third kappa shape index (κ3) is 1.93. The zero-order valence-electron chi connectivity index (χ0n) is 8.23. The first-order chi connectivity index (χ1) is 6.72. The number of carbonyl (C=O) groups excluding carboxylic acids is 1. The Hall–Kier alpha value is -1.78. The monoisotopic (exact) mass is 197 g/mol. The smallest absolute Gasteiger partial charge is 0.343 e. The van der Waals surface area contributed by atoms with Gasteiger partial charge in [-0.15, -0.1) is 0 Å². The molecule has 1 aromatic rings. The Bertz CT molecular complexity index is 338. The first kappa shape index (κ1) is 10.3. The first-order valence-corrected chi connectivity index (χ1v) is 3.90. The summed E-state index contributed by atoms with van der Waals surface area (Å²) in [5, 5.41) is 0. The van der Waals surface area contributed by atoms with Gasteiger partial charge in [-0.1, -0.05) is 0 Å². The maximum Gasteiger partial charge on any atom is 0.343 e. The molecule has 0 N–H and O–H groups in total. The number of nitrogens with zero attached hydrogens (tertiary/aromatic N) is 1. The van der Waals surface area contributed by atoms with Gasteiger partial charge in [0.05, 0.1) is 21.3 Å². The minimum absolute atomic E-state index is 0.191. The summed E-state index contributed by atoms with van der Waals surface area (Å²) in [6, 6.07) is 3.10. The molecular weight excluding hydrogens is 186 g/mol. The van der Waals surface area contributed by atoms with Crippen molar-refractivity contribution in [3.05, 3.63) is 17.7 Å². The van der Waals surface area contributed by atoms with Crippen molar-refractivity contribution in [3.63, 3.8) is 0 Å². The Morgan fingerprint density at radius 2 is 1.93 bits per heavy atom. The van der Waals surface area contributed by atoms with Crippen LogP contribution in [0.5, 0.6) is 11.8 Å². The Balaban J connectivity index is 3.11. The number of hydrogen-bond acceptors (Lipinski definition) is 5. The number of methoxy groups -OCH3 is 3. The molecule has 0 spiro atoms. The number of esters is 1. The van der Waals surface area contributed by atoms with Gasteiger partial charge in [-0.3, -0.25) is 0 Å². The average molecular weight is 197 g/mol. The van der Waals surface area contributed by atoms with Gasteiger partial charge in [0.25, 0.3) is 0 Å². The summed E-state index contributed by atoms with van der Waals surface area (Å²) in [6.07, 6.45) is 0. The predicted molar refractivity (Wildman–Crippen MR) is 48.7 cm³/mol. The number of rotatable bonds is 3. The lowest BCUT2D eigenvalue weighted by atomic mass is 10.3. The van der Waals surface area contributed by atoms with Gasteiger partial charge in [0.1, 0.15) is 5.56 Å². The predicted octanol–water partition coefficient (Wildman–Crippen LogP) is 0.885. The molecule has 0 saturated carbocycles. The van der Waals surface area contributed by atoms with E-state index in [1.165, 1.54) is 27.4 Å².